The first-order valence-electron chi connectivity index (χ1n) is 6.50. The Morgan fingerprint density at radius 1 is 1.21 bits per heavy atom. The minimum absolute atomic E-state index is 0.606. The van der Waals surface area contributed by atoms with E-state index in [0.29, 0.717) is 5.92 Å². The molecule has 3 rings (SSSR count). The van der Waals surface area contributed by atoms with Crippen molar-refractivity contribution in [3.8, 4) is 11.4 Å². The van der Waals surface area contributed by atoms with Crippen LogP contribution < -0.4 is 5.32 Å². The SMILES string of the molecule is CNc1cc(C2CC2)nc(-c2ccc(C)c(Cl)c2)n1. The van der Waals surface area contributed by atoms with Gasteiger partial charge in [-0.3, -0.25) is 0 Å². The van der Waals surface area contributed by atoms with E-state index in [1.807, 2.05) is 38.2 Å². The molecule has 0 saturated heterocycles. The molecule has 1 aromatic carbocycles. The molecule has 2 aromatic rings. The quantitative estimate of drug-likeness (QED) is 0.918. The van der Waals surface area contributed by atoms with Gasteiger partial charge in [0.1, 0.15) is 5.82 Å². The van der Waals surface area contributed by atoms with Crippen molar-refractivity contribution in [2.45, 2.75) is 25.7 Å². The fourth-order valence-electron chi connectivity index (χ4n) is 2.04. The molecular weight excluding hydrogens is 258 g/mol. The van der Waals surface area contributed by atoms with Crippen molar-refractivity contribution in [2.75, 3.05) is 12.4 Å². The van der Waals surface area contributed by atoms with E-state index in [1.165, 1.54) is 12.8 Å². The molecule has 3 nitrogen and oxygen atoms in total. The number of hydrogen-bond acceptors (Lipinski definition) is 3. The highest BCUT2D eigenvalue weighted by Crippen LogP contribution is 2.40. The molecule has 98 valence electrons. The van der Waals surface area contributed by atoms with Gasteiger partial charge in [-0.05, 0) is 31.4 Å². The third-order valence-electron chi connectivity index (χ3n) is 3.43. The Morgan fingerprint density at radius 3 is 2.63 bits per heavy atom. The van der Waals surface area contributed by atoms with Crippen molar-refractivity contribution in [2.24, 2.45) is 0 Å². The summed E-state index contributed by atoms with van der Waals surface area (Å²) in [6.07, 6.45) is 2.46. The average molecular weight is 274 g/mol. The topological polar surface area (TPSA) is 37.8 Å². The second-order valence-corrected chi connectivity index (χ2v) is 5.40. The van der Waals surface area contributed by atoms with Crippen molar-refractivity contribution >= 4 is 17.4 Å². The minimum atomic E-state index is 0.606. The Labute approximate surface area is 118 Å². The van der Waals surface area contributed by atoms with E-state index in [0.717, 1.165) is 33.5 Å². The summed E-state index contributed by atoms with van der Waals surface area (Å²) in [7, 11) is 1.88. The van der Waals surface area contributed by atoms with Crippen LogP contribution in [0.3, 0.4) is 0 Å². The minimum Gasteiger partial charge on any atom is -0.373 e. The number of halogens is 1. The van der Waals surface area contributed by atoms with Gasteiger partial charge in [0.05, 0.1) is 0 Å². The largest absolute Gasteiger partial charge is 0.373 e. The molecule has 0 bridgehead atoms. The summed E-state index contributed by atoms with van der Waals surface area (Å²) >= 11 is 6.18. The molecule has 0 unspecified atom stereocenters. The van der Waals surface area contributed by atoms with Crippen LogP contribution in [-0.2, 0) is 0 Å². The Hall–Kier alpha value is -1.61. The maximum Gasteiger partial charge on any atom is 0.161 e. The first-order chi connectivity index (χ1) is 9.17. The molecule has 0 amide bonds. The third kappa shape index (κ3) is 2.56. The molecule has 1 N–H and O–H groups in total. The van der Waals surface area contributed by atoms with Crippen LogP contribution in [0.15, 0.2) is 24.3 Å². The van der Waals surface area contributed by atoms with Crippen LogP contribution in [0, 0.1) is 6.92 Å². The molecule has 4 heteroatoms. The Kier molecular flexibility index (Phi) is 3.15. The predicted octanol–water partition coefficient (Wildman–Crippen LogP) is 4.02. The van der Waals surface area contributed by atoms with Gasteiger partial charge in [-0.1, -0.05) is 23.7 Å². The zero-order valence-electron chi connectivity index (χ0n) is 11.1. The normalized spacial score (nSPS) is 14.5. The highest BCUT2D eigenvalue weighted by molar-refractivity contribution is 6.31. The molecule has 1 aliphatic carbocycles. The maximum absolute atomic E-state index is 6.18. The second-order valence-electron chi connectivity index (χ2n) is 4.99. The van der Waals surface area contributed by atoms with Crippen LogP contribution in [0.1, 0.15) is 30.0 Å². The van der Waals surface area contributed by atoms with E-state index in [4.69, 9.17) is 11.6 Å². The summed E-state index contributed by atoms with van der Waals surface area (Å²) in [6, 6.07) is 8.00. The number of anilines is 1. The van der Waals surface area contributed by atoms with Crippen molar-refractivity contribution < 1.29 is 0 Å². The first kappa shape index (κ1) is 12.4. The molecule has 0 atom stereocenters. The van der Waals surface area contributed by atoms with Gasteiger partial charge in [0.2, 0.25) is 0 Å². The number of aromatic nitrogens is 2. The van der Waals surface area contributed by atoms with Gasteiger partial charge in [-0.15, -0.1) is 0 Å². The molecular formula is C15H16ClN3. The monoisotopic (exact) mass is 273 g/mol. The van der Waals surface area contributed by atoms with Crippen LogP contribution in [0.5, 0.6) is 0 Å². The lowest BCUT2D eigenvalue weighted by Crippen LogP contribution is -2.00. The van der Waals surface area contributed by atoms with E-state index in [1.54, 1.807) is 0 Å². The number of nitrogens with one attached hydrogen (secondary N) is 1. The summed E-state index contributed by atoms with van der Waals surface area (Å²) in [5, 5.41) is 3.86. The molecule has 0 radical (unpaired) electrons. The molecule has 0 spiro atoms. The summed E-state index contributed by atoms with van der Waals surface area (Å²) in [5.74, 6) is 2.22. The fraction of sp³-hybridized carbons (Fsp3) is 0.333. The molecule has 1 saturated carbocycles. The molecule has 0 aliphatic heterocycles. The van der Waals surface area contributed by atoms with Crippen LogP contribution in [-0.4, -0.2) is 17.0 Å². The zero-order chi connectivity index (χ0) is 13.4. The van der Waals surface area contributed by atoms with Crippen LogP contribution in [0.25, 0.3) is 11.4 Å². The van der Waals surface area contributed by atoms with Gasteiger partial charge < -0.3 is 5.32 Å². The van der Waals surface area contributed by atoms with Crippen molar-refractivity contribution in [1.82, 2.24) is 9.97 Å². The lowest BCUT2D eigenvalue weighted by atomic mass is 10.1. The summed E-state index contributed by atoms with van der Waals surface area (Å²) < 4.78 is 0. The van der Waals surface area contributed by atoms with Gasteiger partial charge in [-0.2, -0.15) is 0 Å². The number of aryl methyl sites for hydroxylation is 1. The van der Waals surface area contributed by atoms with Gasteiger partial charge in [0.25, 0.3) is 0 Å². The smallest absolute Gasteiger partial charge is 0.161 e. The summed E-state index contributed by atoms with van der Waals surface area (Å²) in [4.78, 5) is 9.20. The summed E-state index contributed by atoms with van der Waals surface area (Å²) in [6.45, 7) is 1.99. The molecule has 1 aliphatic rings. The number of hydrogen-bond donors (Lipinski definition) is 1. The Balaban J connectivity index is 2.07. The van der Waals surface area contributed by atoms with E-state index in [9.17, 15) is 0 Å². The summed E-state index contributed by atoms with van der Waals surface area (Å²) in [5.41, 5.74) is 3.17. The number of rotatable bonds is 3. The lowest BCUT2D eigenvalue weighted by molar-refractivity contribution is 0.994. The van der Waals surface area contributed by atoms with Crippen LogP contribution in [0.2, 0.25) is 5.02 Å². The molecule has 1 heterocycles. The number of benzene rings is 1. The van der Waals surface area contributed by atoms with Crippen molar-refractivity contribution in [3.05, 3.63) is 40.5 Å². The highest BCUT2D eigenvalue weighted by atomic mass is 35.5. The fourth-order valence-corrected chi connectivity index (χ4v) is 2.22. The van der Waals surface area contributed by atoms with Gasteiger partial charge >= 0.3 is 0 Å². The predicted molar refractivity (Wildman–Crippen MR) is 78.7 cm³/mol. The van der Waals surface area contributed by atoms with E-state index in [2.05, 4.69) is 15.3 Å². The lowest BCUT2D eigenvalue weighted by Gasteiger charge is -2.08. The van der Waals surface area contributed by atoms with Crippen molar-refractivity contribution in [3.63, 3.8) is 0 Å². The average Bonchev–Trinajstić information content (AvgIpc) is 3.26. The van der Waals surface area contributed by atoms with Gasteiger partial charge in [0, 0.05) is 35.3 Å². The maximum atomic E-state index is 6.18. The van der Waals surface area contributed by atoms with Crippen molar-refractivity contribution in [1.29, 1.82) is 0 Å². The highest BCUT2D eigenvalue weighted by Gasteiger charge is 2.26. The van der Waals surface area contributed by atoms with E-state index >= 15 is 0 Å². The van der Waals surface area contributed by atoms with Gasteiger partial charge in [-0.25, -0.2) is 9.97 Å². The first-order valence-corrected chi connectivity index (χ1v) is 6.88. The van der Waals surface area contributed by atoms with Crippen LogP contribution in [0.4, 0.5) is 5.82 Å². The van der Waals surface area contributed by atoms with Crippen LogP contribution >= 0.6 is 11.6 Å². The second kappa shape index (κ2) is 4.82. The Bertz CT molecular complexity index is 621. The van der Waals surface area contributed by atoms with Gasteiger partial charge in [0.15, 0.2) is 5.82 Å². The molecule has 1 aromatic heterocycles. The number of nitrogens with zero attached hydrogens (tertiary/aromatic N) is 2. The van der Waals surface area contributed by atoms with E-state index < -0.39 is 0 Å². The molecule has 19 heavy (non-hydrogen) atoms. The molecule has 1 fully saturated rings. The zero-order valence-corrected chi connectivity index (χ0v) is 11.8. The standard InChI is InChI=1S/C15H16ClN3/c1-9-3-4-11(7-12(9)16)15-18-13(10-5-6-10)8-14(17-2)19-15/h3-4,7-8,10H,5-6H2,1-2H3,(H,17,18,19). The van der Waals surface area contributed by atoms with E-state index in [-0.39, 0.29) is 0 Å². The Morgan fingerprint density at radius 2 is 2.00 bits per heavy atom. The third-order valence-corrected chi connectivity index (χ3v) is 3.83.